The average Bonchev–Trinajstić information content (AvgIpc) is 2.13. The topological polar surface area (TPSA) is 37.3 Å². The van der Waals surface area contributed by atoms with Crippen LogP contribution in [0.15, 0.2) is 20.1 Å². The van der Waals surface area contributed by atoms with E-state index in [0.29, 0.717) is 9.37 Å². The molecule has 1 aromatic rings. The molecule has 1 N–H and O–H groups in total. The summed E-state index contributed by atoms with van der Waals surface area (Å²) < 4.78 is 19.6. The lowest BCUT2D eigenvalue weighted by atomic mass is 10.7. The molecular formula is C4H3BrO2S2. The molecule has 50 valence electrons. The highest BCUT2D eigenvalue weighted by molar-refractivity contribution is 9.10. The summed E-state index contributed by atoms with van der Waals surface area (Å²) in [5.41, 5.74) is 0. The summed E-state index contributed by atoms with van der Waals surface area (Å²) in [4.78, 5) is 0.444. The summed E-state index contributed by atoms with van der Waals surface area (Å²) in [7, 11) is 0. The van der Waals surface area contributed by atoms with Crippen molar-refractivity contribution in [1.29, 1.82) is 0 Å². The van der Waals surface area contributed by atoms with E-state index in [1.807, 2.05) is 0 Å². The molecule has 0 bridgehead atoms. The molecule has 0 amide bonds. The molecule has 5 heteroatoms. The van der Waals surface area contributed by atoms with Gasteiger partial charge in [-0.1, -0.05) is 0 Å². The Morgan fingerprint density at radius 3 is 2.56 bits per heavy atom. The first-order valence-corrected chi connectivity index (χ1v) is 4.88. The van der Waals surface area contributed by atoms with E-state index in [1.165, 1.54) is 11.3 Å². The van der Waals surface area contributed by atoms with Gasteiger partial charge in [0.1, 0.15) is 0 Å². The Kier molecular flexibility index (Phi) is 2.40. The molecule has 1 rings (SSSR count). The minimum absolute atomic E-state index is 0.444. The molecule has 0 aliphatic heterocycles. The van der Waals surface area contributed by atoms with Crippen molar-refractivity contribution in [3.05, 3.63) is 15.2 Å². The zero-order valence-electron chi connectivity index (χ0n) is 4.20. The van der Waals surface area contributed by atoms with Crippen LogP contribution in [-0.4, -0.2) is 8.76 Å². The molecular weight excluding hydrogens is 224 g/mol. The quantitative estimate of drug-likeness (QED) is 0.746. The fraction of sp³-hybridized carbons (Fsp3) is 0. The Morgan fingerprint density at radius 2 is 2.33 bits per heavy atom. The van der Waals surface area contributed by atoms with Crippen LogP contribution in [0.5, 0.6) is 0 Å². The number of rotatable bonds is 1. The van der Waals surface area contributed by atoms with Crippen LogP contribution in [0, 0.1) is 0 Å². The van der Waals surface area contributed by atoms with Crippen LogP contribution >= 0.6 is 27.3 Å². The normalized spacial score (nSPS) is 13.6. The third-order valence-electron chi connectivity index (χ3n) is 0.770. The molecule has 0 saturated heterocycles. The summed E-state index contributed by atoms with van der Waals surface area (Å²) in [6.07, 6.45) is 0. The van der Waals surface area contributed by atoms with E-state index in [2.05, 4.69) is 15.9 Å². The van der Waals surface area contributed by atoms with Crippen LogP contribution in [0.25, 0.3) is 0 Å². The minimum atomic E-state index is -1.85. The van der Waals surface area contributed by atoms with Gasteiger partial charge < -0.3 is 4.55 Å². The highest BCUT2D eigenvalue weighted by atomic mass is 79.9. The second-order valence-corrected chi connectivity index (χ2v) is 3.87. The van der Waals surface area contributed by atoms with E-state index >= 15 is 0 Å². The zero-order chi connectivity index (χ0) is 6.85. The van der Waals surface area contributed by atoms with Crippen molar-refractivity contribution >= 4 is 38.3 Å². The molecule has 1 unspecified atom stereocenters. The molecule has 0 spiro atoms. The maximum Gasteiger partial charge on any atom is 0.188 e. The third-order valence-corrected chi connectivity index (χ3v) is 3.60. The largest absolute Gasteiger partial charge is 0.302 e. The number of hydrogen-bond acceptors (Lipinski definition) is 2. The lowest BCUT2D eigenvalue weighted by Crippen LogP contribution is -1.83. The van der Waals surface area contributed by atoms with Crippen molar-refractivity contribution < 1.29 is 8.76 Å². The second-order valence-electron chi connectivity index (χ2n) is 1.33. The molecule has 0 aliphatic rings. The number of halogens is 1. The van der Waals surface area contributed by atoms with Crippen LogP contribution in [0.2, 0.25) is 0 Å². The Morgan fingerprint density at radius 1 is 1.67 bits per heavy atom. The monoisotopic (exact) mass is 226 g/mol. The zero-order valence-corrected chi connectivity index (χ0v) is 7.42. The first-order valence-electron chi connectivity index (χ1n) is 2.04. The van der Waals surface area contributed by atoms with Crippen LogP contribution in [0.3, 0.4) is 0 Å². The fourth-order valence-corrected chi connectivity index (χ4v) is 2.76. The third kappa shape index (κ3) is 1.61. The molecule has 0 saturated carbocycles. The van der Waals surface area contributed by atoms with Crippen molar-refractivity contribution in [2.24, 2.45) is 0 Å². The Labute approximate surface area is 67.3 Å². The number of thiophene rings is 1. The van der Waals surface area contributed by atoms with Crippen molar-refractivity contribution in [2.75, 3.05) is 0 Å². The van der Waals surface area contributed by atoms with Crippen molar-refractivity contribution in [1.82, 2.24) is 0 Å². The SMILES string of the molecule is O=S(O)c1cscc1Br. The van der Waals surface area contributed by atoms with E-state index in [1.54, 1.807) is 10.8 Å². The highest BCUT2D eigenvalue weighted by Gasteiger charge is 2.04. The van der Waals surface area contributed by atoms with Gasteiger partial charge in [0.2, 0.25) is 0 Å². The van der Waals surface area contributed by atoms with Crippen LogP contribution in [0.1, 0.15) is 0 Å². The van der Waals surface area contributed by atoms with Crippen LogP contribution < -0.4 is 0 Å². The Balaban J connectivity index is 3.08. The molecule has 0 radical (unpaired) electrons. The van der Waals surface area contributed by atoms with Gasteiger partial charge in [-0.05, 0) is 15.9 Å². The smallest absolute Gasteiger partial charge is 0.188 e. The molecule has 0 aliphatic carbocycles. The van der Waals surface area contributed by atoms with Gasteiger partial charge in [0, 0.05) is 15.2 Å². The maximum absolute atomic E-state index is 10.4. The predicted octanol–water partition coefficient (Wildman–Crippen LogP) is 2.09. The summed E-state index contributed by atoms with van der Waals surface area (Å²) in [6, 6.07) is 0. The van der Waals surface area contributed by atoms with Gasteiger partial charge in [0.15, 0.2) is 11.1 Å². The lowest BCUT2D eigenvalue weighted by Gasteiger charge is -1.86. The first-order chi connectivity index (χ1) is 4.22. The maximum atomic E-state index is 10.4. The van der Waals surface area contributed by atoms with Crippen LogP contribution in [0.4, 0.5) is 0 Å². The number of hydrogen-bond donors (Lipinski definition) is 1. The lowest BCUT2D eigenvalue weighted by molar-refractivity contribution is 0.564. The van der Waals surface area contributed by atoms with E-state index in [9.17, 15) is 4.21 Å². The summed E-state index contributed by atoms with van der Waals surface area (Å²) >= 11 is 2.67. The van der Waals surface area contributed by atoms with Gasteiger partial charge in [-0.15, -0.1) is 11.3 Å². The molecule has 0 fully saturated rings. The van der Waals surface area contributed by atoms with Gasteiger partial charge in [0.05, 0.1) is 4.90 Å². The fourth-order valence-electron chi connectivity index (χ4n) is 0.394. The average molecular weight is 227 g/mol. The highest BCUT2D eigenvalue weighted by Crippen LogP contribution is 2.23. The van der Waals surface area contributed by atoms with Crippen molar-refractivity contribution in [3.8, 4) is 0 Å². The van der Waals surface area contributed by atoms with Gasteiger partial charge >= 0.3 is 0 Å². The van der Waals surface area contributed by atoms with Gasteiger partial charge in [-0.3, -0.25) is 0 Å². The van der Waals surface area contributed by atoms with E-state index in [4.69, 9.17) is 4.55 Å². The predicted molar refractivity (Wildman–Crippen MR) is 41.1 cm³/mol. The molecule has 1 atom stereocenters. The molecule has 0 aromatic carbocycles. The van der Waals surface area contributed by atoms with Gasteiger partial charge in [-0.25, -0.2) is 4.21 Å². The van der Waals surface area contributed by atoms with Crippen molar-refractivity contribution in [2.45, 2.75) is 4.90 Å². The second kappa shape index (κ2) is 2.92. The Hall–Kier alpha value is 0.290. The molecule has 1 heterocycles. The summed E-state index contributed by atoms with van der Waals surface area (Å²) in [5.74, 6) is 0. The van der Waals surface area contributed by atoms with E-state index in [0.717, 1.165) is 0 Å². The van der Waals surface area contributed by atoms with E-state index < -0.39 is 11.1 Å². The molecule has 1 aromatic heterocycles. The first kappa shape index (κ1) is 7.40. The van der Waals surface area contributed by atoms with Crippen LogP contribution in [-0.2, 0) is 11.1 Å². The molecule has 9 heavy (non-hydrogen) atoms. The van der Waals surface area contributed by atoms with Gasteiger partial charge in [0.25, 0.3) is 0 Å². The Bertz CT molecular complexity index is 232. The summed E-state index contributed by atoms with van der Waals surface area (Å²) in [5, 5.41) is 3.41. The van der Waals surface area contributed by atoms with Gasteiger partial charge in [-0.2, -0.15) is 0 Å². The molecule has 2 nitrogen and oxygen atoms in total. The summed E-state index contributed by atoms with van der Waals surface area (Å²) in [6.45, 7) is 0. The standard InChI is InChI=1S/C4H3BrO2S2/c5-3-1-8-2-4(3)9(6)7/h1-2H,(H,6,7). The minimum Gasteiger partial charge on any atom is -0.302 e. The van der Waals surface area contributed by atoms with E-state index in [-0.39, 0.29) is 0 Å². The van der Waals surface area contributed by atoms with Crippen molar-refractivity contribution in [3.63, 3.8) is 0 Å².